The standard InChI is InChI=1S/C17H25FN2O3/c1-22-12-17(5-7-19-8-6-17)11-20-16(21)10-13-3-4-15(23-2)14(18)9-13/h3-4,9,19H,5-8,10-12H2,1-2H3,(H,20,21). The lowest BCUT2D eigenvalue weighted by molar-refractivity contribution is -0.121. The molecule has 2 N–H and O–H groups in total. The predicted octanol–water partition coefficient (Wildman–Crippen LogP) is 1.51. The number of carbonyl (C=O) groups excluding carboxylic acids is 1. The molecule has 2 rings (SSSR count). The summed E-state index contributed by atoms with van der Waals surface area (Å²) in [4.78, 5) is 12.1. The fraction of sp³-hybridized carbons (Fsp3) is 0.588. The van der Waals surface area contributed by atoms with Crippen molar-refractivity contribution in [1.82, 2.24) is 10.6 Å². The first-order valence-corrected chi connectivity index (χ1v) is 7.87. The van der Waals surface area contributed by atoms with Crippen LogP contribution in [0.1, 0.15) is 18.4 Å². The Bertz CT molecular complexity index is 525. The van der Waals surface area contributed by atoms with E-state index in [4.69, 9.17) is 9.47 Å². The van der Waals surface area contributed by atoms with E-state index >= 15 is 0 Å². The van der Waals surface area contributed by atoms with Gasteiger partial charge in [0.25, 0.3) is 0 Å². The fourth-order valence-electron chi connectivity index (χ4n) is 2.99. The number of hydrogen-bond acceptors (Lipinski definition) is 4. The molecule has 1 aromatic carbocycles. The number of nitrogens with one attached hydrogen (secondary N) is 2. The van der Waals surface area contributed by atoms with Crippen LogP contribution in [0.5, 0.6) is 5.75 Å². The van der Waals surface area contributed by atoms with Crippen molar-refractivity contribution < 1.29 is 18.7 Å². The monoisotopic (exact) mass is 324 g/mol. The molecule has 1 aliphatic heterocycles. The van der Waals surface area contributed by atoms with Crippen LogP contribution in [0.25, 0.3) is 0 Å². The van der Waals surface area contributed by atoms with Crippen molar-refractivity contribution in [3.63, 3.8) is 0 Å². The molecule has 1 aromatic rings. The van der Waals surface area contributed by atoms with E-state index in [1.54, 1.807) is 13.2 Å². The van der Waals surface area contributed by atoms with E-state index in [-0.39, 0.29) is 23.5 Å². The highest BCUT2D eigenvalue weighted by atomic mass is 19.1. The summed E-state index contributed by atoms with van der Waals surface area (Å²) in [6.07, 6.45) is 2.10. The van der Waals surface area contributed by atoms with Gasteiger partial charge in [0.15, 0.2) is 11.6 Å². The number of hydrogen-bond donors (Lipinski definition) is 2. The molecule has 1 amide bonds. The quantitative estimate of drug-likeness (QED) is 0.798. The second kappa shape index (κ2) is 8.26. The maximum absolute atomic E-state index is 13.7. The molecule has 1 heterocycles. The van der Waals surface area contributed by atoms with Gasteiger partial charge in [-0.3, -0.25) is 4.79 Å². The van der Waals surface area contributed by atoms with E-state index in [0.717, 1.165) is 25.9 Å². The van der Waals surface area contributed by atoms with Crippen molar-refractivity contribution in [1.29, 1.82) is 0 Å². The van der Waals surface area contributed by atoms with Gasteiger partial charge in [0.2, 0.25) is 5.91 Å². The Balaban J connectivity index is 1.89. The lowest BCUT2D eigenvalue weighted by Crippen LogP contribution is -2.47. The number of rotatable bonds is 7. The molecule has 1 saturated heterocycles. The van der Waals surface area contributed by atoms with Crippen LogP contribution in [0.2, 0.25) is 0 Å². The number of amides is 1. The highest BCUT2D eigenvalue weighted by Crippen LogP contribution is 2.28. The number of halogens is 1. The van der Waals surface area contributed by atoms with Crippen LogP contribution in [0.4, 0.5) is 4.39 Å². The molecule has 0 saturated carbocycles. The largest absolute Gasteiger partial charge is 0.494 e. The molecule has 5 nitrogen and oxygen atoms in total. The molecule has 6 heteroatoms. The first-order valence-electron chi connectivity index (χ1n) is 7.87. The van der Waals surface area contributed by atoms with Crippen LogP contribution >= 0.6 is 0 Å². The van der Waals surface area contributed by atoms with Gasteiger partial charge in [-0.25, -0.2) is 4.39 Å². The number of methoxy groups -OCH3 is 2. The topological polar surface area (TPSA) is 59.6 Å². The summed E-state index contributed by atoms with van der Waals surface area (Å²) in [6.45, 7) is 3.08. The molecule has 0 aromatic heterocycles. The Morgan fingerprint density at radius 3 is 2.70 bits per heavy atom. The lowest BCUT2D eigenvalue weighted by Gasteiger charge is -2.37. The number of carbonyl (C=O) groups is 1. The summed E-state index contributed by atoms with van der Waals surface area (Å²) in [5.74, 6) is -0.376. The highest BCUT2D eigenvalue weighted by molar-refractivity contribution is 5.78. The zero-order valence-electron chi connectivity index (χ0n) is 13.8. The van der Waals surface area contributed by atoms with E-state index < -0.39 is 5.82 Å². The van der Waals surface area contributed by atoms with Crippen LogP contribution in [0.15, 0.2) is 18.2 Å². The maximum atomic E-state index is 13.7. The van der Waals surface area contributed by atoms with Gasteiger partial charge < -0.3 is 20.1 Å². The van der Waals surface area contributed by atoms with E-state index in [9.17, 15) is 9.18 Å². The van der Waals surface area contributed by atoms with Crippen molar-refractivity contribution in [2.45, 2.75) is 19.3 Å². The van der Waals surface area contributed by atoms with Crippen molar-refractivity contribution in [2.24, 2.45) is 5.41 Å². The number of benzene rings is 1. The molecule has 0 radical (unpaired) electrons. The molecule has 0 unspecified atom stereocenters. The van der Waals surface area contributed by atoms with E-state index in [2.05, 4.69) is 10.6 Å². The Labute approximate surface area is 136 Å². The smallest absolute Gasteiger partial charge is 0.224 e. The molecule has 23 heavy (non-hydrogen) atoms. The highest BCUT2D eigenvalue weighted by Gasteiger charge is 2.32. The minimum absolute atomic E-state index is 0.0131. The van der Waals surface area contributed by atoms with Gasteiger partial charge in [0, 0.05) is 19.1 Å². The Morgan fingerprint density at radius 1 is 1.35 bits per heavy atom. The van der Waals surface area contributed by atoms with Gasteiger partial charge in [-0.1, -0.05) is 6.07 Å². The Morgan fingerprint density at radius 2 is 2.09 bits per heavy atom. The summed E-state index contributed by atoms with van der Waals surface area (Å²) in [5, 5.41) is 6.29. The Hall–Kier alpha value is -1.66. The zero-order chi connectivity index (χ0) is 16.7. The molecule has 0 bridgehead atoms. The third kappa shape index (κ3) is 4.91. The first-order chi connectivity index (χ1) is 11.1. The molecule has 128 valence electrons. The van der Waals surface area contributed by atoms with Crippen LogP contribution in [-0.2, 0) is 16.0 Å². The van der Waals surface area contributed by atoms with Crippen molar-refractivity contribution in [3.8, 4) is 5.75 Å². The second-order valence-corrected chi connectivity index (χ2v) is 6.11. The average molecular weight is 324 g/mol. The van der Waals surface area contributed by atoms with Gasteiger partial charge >= 0.3 is 0 Å². The normalized spacial score (nSPS) is 16.8. The molecule has 0 aliphatic carbocycles. The van der Waals surface area contributed by atoms with Gasteiger partial charge in [-0.05, 0) is 43.6 Å². The van der Waals surface area contributed by atoms with Crippen LogP contribution in [-0.4, -0.2) is 46.4 Å². The van der Waals surface area contributed by atoms with Crippen LogP contribution in [0, 0.1) is 11.2 Å². The molecule has 1 fully saturated rings. The SMILES string of the molecule is COCC1(CNC(=O)Cc2ccc(OC)c(F)c2)CCNCC1. The summed E-state index contributed by atoms with van der Waals surface area (Å²) in [6, 6.07) is 4.59. The minimum Gasteiger partial charge on any atom is -0.494 e. The fourth-order valence-corrected chi connectivity index (χ4v) is 2.99. The maximum Gasteiger partial charge on any atom is 0.224 e. The second-order valence-electron chi connectivity index (χ2n) is 6.11. The lowest BCUT2D eigenvalue weighted by atomic mass is 9.79. The first kappa shape index (κ1) is 17.7. The molecule has 0 spiro atoms. The van der Waals surface area contributed by atoms with E-state index in [1.165, 1.54) is 19.2 Å². The van der Waals surface area contributed by atoms with Gasteiger partial charge in [0.1, 0.15) is 0 Å². The number of piperidine rings is 1. The van der Waals surface area contributed by atoms with Crippen molar-refractivity contribution in [2.75, 3.05) is 40.5 Å². The van der Waals surface area contributed by atoms with Gasteiger partial charge in [-0.15, -0.1) is 0 Å². The predicted molar refractivity (Wildman–Crippen MR) is 86.1 cm³/mol. The van der Waals surface area contributed by atoms with Gasteiger partial charge in [0.05, 0.1) is 20.1 Å². The third-order valence-corrected chi connectivity index (χ3v) is 4.36. The average Bonchev–Trinajstić information content (AvgIpc) is 2.54. The zero-order valence-corrected chi connectivity index (χ0v) is 13.8. The van der Waals surface area contributed by atoms with Crippen LogP contribution in [0.3, 0.4) is 0 Å². The van der Waals surface area contributed by atoms with Gasteiger partial charge in [-0.2, -0.15) is 0 Å². The molecular weight excluding hydrogens is 299 g/mol. The summed E-state index contributed by atoms with van der Waals surface area (Å²) >= 11 is 0. The molecular formula is C17H25FN2O3. The third-order valence-electron chi connectivity index (χ3n) is 4.36. The summed E-state index contributed by atoms with van der Waals surface area (Å²) < 4.78 is 23.9. The van der Waals surface area contributed by atoms with Crippen molar-refractivity contribution >= 4 is 5.91 Å². The minimum atomic E-state index is -0.452. The van der Waals surface area contributed by atoms with E-state index in [1.807, 2.05) is 0 Å². The molecule has 0 atom stereocenters. The summed E-state index contributed by atoms with van der Waals surface area (Å²) in [7, 11) is 3.10. The number of ether oxygens (including phenoxy) is 2. The molecule has 1 aliphatic rings. The van der Waals surface area contributed by atoms with E-state index in [0.29, 0.717) is 18.7 Å². The van der Waals surface area contributed by atoms with Crippen LogP contribution < -0.4 is 15.4 Å². The Kier molecular flexibility index (Phi) is 6.36. The van der Waals surface area contributed by atoms with Crippen molar-refractivity contribution in [3.05, 3.63) is 29.6 Å². The summed E-state index contributed by atoms with van der Waals surface area (Å²) in [5.41, 5.74) is 0.618.